The van der Waals surface area contributed by atoms with Crippen LogP contribution in [0.1, 0.15) is 18.4 Å². The number of aromatic nitrogens is 1. The van der Waals surface area contributed by atoms with Crippen molar-refractivity contribution < 1.29 is 8.42 Å². The molecule has 4 nitrogen and oxygen atoms in total. The lowest BCUT2D eigenvalue weighted by atomic mass is 10.3. The number of hydrogen-bond donors (Lipinski definition) is 1. The van der Waals surface area contributed by atoms with E-state index in [2.05, 4.69) is 9.71 Å². The molecule has 1 aromatic heterocycles. The first kappa shape index (κ1) is 13.3. The van der Waals surface area contributed by atoms with Gasteiger partial charge in [0.05, 0.1) is 17.6 Å². The average Bonchev–Trinajstić information content (AvgIpc) is 2.21. The highest BCUT2D eigenvalue weighted by atomic mass is 35.5. The number of nitrogens with zero attached hydrogens (tertiary/aromatic N) is 1. The lowest BCUT2D eigenvalue weighted by Gasteiger charge is -2.09. The largest absolute Gasteiger partial charge is 0.282 e. The van der Waals surface area contributed by atoms with Gasteiger partial charge in [0.1, 0.15) is 0 Å². The summed E-state index contributed by atoms with van der Waals surface area (Å²) >= 11 is 5.49. The molecule has 0 bridgehead atoms. The molecule has 1 aromatic rings. The van der Waals surface area contributed by atoms with Crippen molar-refractivity contribution in [3.63, 3.8) is 0 Å². The molecule has 90 valence electrons. The number of sulfonamides is 1. The van der Waals surface area contributed by atoms with E-state index in [0.29, 0.717) is 24.4 Å². The summed E-state index contributed by atoms with van der Waals surface area (Å²) < 4.78 is 25.8. The molecule has 1 rings (SSSR count). The number of alkyl halides is 1. The number of pyridine rings is 1. The lowest BCUT2D eigenvalue weighted by Crippen LogP contribution is -2.17. The maximum absolute atomic E-state index is 11.6. The predicted molar refractivity (Wildman–Crippen MR) is 66.3 cm³/mol. The summed E-state index contributed by atoms with van der Waals surface area (Å²) in [7, 11) is -3.28. The molecule has 0 aliphatic carbocycles. The van der Waals surface area contributed by atoms with Crippen LogP contribution in [0.15, 0.2) is 18.5 Å². The highest BCUT2D eigenvalue weighted by Crippen LogP contribution is 2.13. The molecule has 0 aliphatic rings. The number of halogens is 1. The predicted octanol–water partition coefficient (Wildman–Crippen LogP) is 2.15. The summed E-state index contributed by atoms with van der Waals surface area (Å²) in [4.78, 5) is 3.88. The van der Waals surface area contributed by atoms with E-state index in [4.69, 9.17) is 11.6 Å². The Bertz CT molecular complexity index is 434. The molecule has 0 saturated heterocycles. The number of aryl methyl sites for hydroxylation is 1. The molecule has 6 heteroatoms. The first-order chi connectivity index (χ1) is 7.55. The molecule has 0 radical (unpaired) electrons. The lowest BCUT2D eigenvalue weighted by molar-refractivity contribution is 0.598. The Morgan fingerprint density at radius 3 is 2.81 bits per heavy atom. The Balaban J connectivity index is 2.63. The number of nitrogens with one attached hydrogen (secondary N) is 1. The van der Waals surface area contributed by atoms with Crippen molar-refractivity contribution in [1.29, 1.82) is 0 Å². The zero-order valence-electron chi connectivity index (χ0n) is 9.11. The Labute approximate surface area is 101 Å². The standard InChI is InChI=1S/C10H15ClN2O2S/c1-9-4-6-12-8-10(9)13-16(14,15)7-3-2-5-11/h4,6,8,13H,2-3,5,7H2,1H3. The maximum atomic E-state index is 11.6. The van der Waals surface area contributed by atoms with Gasteiger partial charge < -0.3 is 0 Å². The van der Waals surface area contributed by atoms with Crippen LogP contribution in [0.2, 0.25) is 0 Å². The zero-order valence-corrected chi connectivity index (χ0v) is 10.7. The molecule has 1 N–H and O–H groups in total. The van der Waals surface area contributed by atoms with Crippen LogP contribution in [0.5, 0.6) is 0 Å². The fourth-order valence-electron chi connectivity index (χ4n) is 1.18. The first-order valence-corrected chi connectivity index (χ1v) is 7.21. The van der Waals surface area contributed by atoms with Crippen molar-refractivity contribution in [1.82, 2.24) is 4.98 Å². The minimum absolute atomic E-state index is 0.0913. The molecular weight excluding hydrogens is 248 g/mol. The normalized spacial score (nSPS) is 11.4. The van der Waals surface area contributed by atoms with Gasteiger partial charge in [-0.25, -0.2) is 8.42 Å². The van der Waals surface area contributed by atoms with Gasteiger partial charge in [-0.15, -0.1) is 11.6 Å². The van der Waals surface area contributed by atoms with Gasteiger partial charge in [-0.1, -0.05) is 0 Å². The second-order valence-corrected chi connectivity index (χ2v) is 5.73. The SMILES string of the molecule is Cc1ccncc1NS(=O)(=O)CCCCCl. The molecule has 0 aromatic carbocycles. The van der Waals surface area contributed by atoms with Crippen LogP contribution < -0.4 is 4.72 Å². The third-order valence-corrected chi connectivity index (χ3v) is 3.73. The Kier molecular flexibility index (Phi) is 5.02. The average molecular weight is 263 g/mol. The summed E-state index contributed by atoms with van der Waals surface area (Å²) in [5.41, 5.74) is 1.39. The Morgan fingerprint density at radius 1 is 1.44 bits per heavy atom. The molecular formula is C10H15ClN2O2S. The van der Waals surface area contributed by atoms with E-state index >= 15 is 0 Å². The monoisotopic (exact) mass is 262 g/mol. The zero-order chi connectivity index (χ0) is 12.0. The first-order valence-electron chi connectivity index (χ1n) is 5.02. The van der Waals surface area contributed by atoms with Crippen molar-refractivity contribution in [3.8, 4) is 0 Å². The number of anilines is 1. The van der Waals surface area contributed by atoms with Gasteiger partial charge in [-0.05, 0) is 31.4 Å². The van der Waals surface area contributed by atoms with E-state index in [1.165, 1.54) is 6.20 Å². The molecule has 0 spiro atoms. The van der Waals surface area contributed by atoms with Gasteiger partial charge in [0, 0.05) is 12.1 Å². The van der Waals surface area contributed by atoms with Crippen LogP contribution >= 0.6 is 11.6 Å². The van der Waals surface area contributed by atoms with Crippen molar-refractivity contribution in [3.05, 3.63) is 24.0 Å². The second-order valence-electron chi connectivity index (χ2n) is 3.51. The van der Waals surface area contributed by atoms with Crippen molar-refractivity contribution in [2.75, 3.05) is 16.4 Å². The minimum Gasteiger partial charge on any atom is -0.282 e. The summed E-state index contributed by atoms with van der Waals surface area (Å²) in [5, 5.41) is 0. The quantitative estimate of drug-likeness (QED) is 0.631. The topological polar surface area (TPSA) is 59.1 Å². The summed E-state index contributed by atoms with van der Waals surface area (Å²) in [6, 6.07) is 1.76. The Morgan fingerprint density at radius 2 is 2.19 bits per heavy atom. The number of unbranched alkanes of at least 4 members (excludes halogenated alkanes) is 1. The van der Waals surface area contributed by atoms with E-state index in [9.17, 15) is 8.42 Å². The molecule has 0 unspecified atom stereocenters. The smallest absolute Gasteiger partial charge is 0.232 e. The van der Waals surface area contributed by atoms with Gasteiger partial charge in [-0.3, -0.25) is 9.71 Å². The van der Waals surface area contributed by atoms with E-state index in [-0.39, 0.29) is 5.75 Å². The van der Waals surface area contributed by atoms with E-state index < -0.39 is 10.0 Å². The van der Waals surface area contributed by atoms with Crippen molar-refractivity contribution in [2.45, 2.75) is 19.8 Å². The summed E-state index contributed by atoms with van der Waals surface area (Å²) in [6.07, 6.45) is 4.40. The van der Waals surface area contributed by atoms with Gasteiger partial charge in [-0.2, -0.15) is 0 Å². The van der Waals surface area contributed by atoms with Crippen LogP contribution in [0.25, 0.3) is 0 Å². The molecule has 16 heavy (non-hydrogen) atoms. The molecule has 0 amide bonds. The van der Waals surface area contributed by atoms with Gasteiger partial charge in [0.25, 0.3) is 0 Å². The highest BCUT2D eigenvalue weighted by Gasteiger charge is 2.11. The number of hydrogen-bond acceptors (Lipinski definition) is 3. The third kappa shape index (κ3) is 4.37. The maximum Gasteiger partial charge on any atom is 0.232 e. The van der Waals surface area contributed by atoms with Crippen molar-refractivity contribution in [2.24, 2.45) is 0 Å². The summed E-state index contributed by atoms with van der Waals surface area (Å²) in [6.45, 7) is 1.83. The Hall–Kier alpha value is -0.810. The number of rotatable bonds is 6. The third-order valence-electron chi connectivity index (χ3n) is 2.10. The second kappa shape index (κ2) is 6.06. The molecule has 0 atom stereocenters. The van der Waals surface area contributed by atoms with Crippen LogP contribution in [-0.4, -0.2) is 25.0 Å². The fourth-order valence-corrected chi connectivity index (χ4v) is 2.60. The molecule has 0 aliphatic heterocycles. The molecule has 0 fully saturated rings. The fraction of sp³-hybridized carbons (Fsp3) is 0.500. The van der Waals surface area contributed by atoms with Crippen LogP contribution in [0, 0.1) is 6.92 Å². The van der Waals surface area contributed by atoms with E-state index in [1.54, 1.807) is 12.3 Å². The van der Waals surface area contributed by atoms with E-state index in [0.717, 1.165) is 5.56 Å². The molecule has 1 heterocycles. The van der Waals surface area contributed by atoms with Gasteiger partial charge >= 0.3 is 0 Å². The summed E-state index contributed by atoms with van der Waals surface area (Å²) in [5.74, 6) is 0.579. The van der Waals surface area contributed by atoms with Crippen LogP contribution in [0.4, 0.5) is 5.69 Å². The van der Waals surface area contributed by atoms with Gasteiger partial charge in [0.15, 0.2) is 0 Å². The minimum atomic E-state index is -3.28. The van der Waals surface area contributed by atoms with Crippen LogP contribution in [0.3, 0.4) is 0 Å². The van der Waals surface area contributed by atoms with Gasteiger partial charge in [0.2, 0.25) is 10.0 Å². The van der Waals surface area contributed by atoms with E-state index in [1.807, 2.05) is 6.92 Å². The van der Waals surface area contributed by atoms with Crippen LogP contribution in [-0.2, 0) is 10.0 Å². The highest BCUT2D eigenvalue weighted by molar-refractivity contribution is 7.92. The molecule has 0 saturated carbocycles. The van der Waals surface area contributed by atoms with Crippen molar-refractivity contribution >= 4 is 27.3 Å².